The van der Waals surface area contributed by atoms with Crippen LogP contribution in [0, 0.1) is 6.92 Å². The van der Waals surface area contributed by atoms with E-state index in [4.69, 9.17) is 5.11 Å². The largest absolute Gasteiger partial charge is 0.476 e. The molecule has 0 spiro atoms. The van der Waals surface area contributed by atoms with Crippen molar-refractivity contribution >= 4 is 22.4 Å². The molecule has 1 aromatic heterocycles. The second-order valence-corrected chi connectivity index (χ2v) is 5.24. The average molecular weight is 243 g/mol. The standard InChI is InChI=1S/C10H17N3O2S/c1-6(5-13(3)4)11-10-12-8(9(14)15)7(2)16-10/h6H,5H2,1-4H3,(H,11,12)(H,14,15). The van der Waals surface area contributed by atoms with Gasteiger partial charge in [0.2, 0.25) is 0 Å². The van der Waals surface area contributed by atoms with Gasteiger partial charge in [0.05, 0.1) is 0 Å². The molecule has 0 saturated carbocycles. The number of aromatic nitrogens is 1. The zero-order valence-electron chi connectivity index (χ0n) is 9.94. The van der Waals surface area contributed by atoms with Crippen molar-refractivity contribution in [3.63, 3.8) is 0 Å². The van der Waals surface area contributed by atoms with Gasteiger partial charge < -0.3 is 15.3 Å². The van der Waals surface area contributed by atoms with Crippen LogP contribution in [0.3, 0.4) is 0 Å². The Balaban J connectivity index is 2.68. The van der Waals surface area contributed by atoms with E-state index >= 15 is 0 Å². The first kappa shape index (κ1) is 12.9. The van der Waals surface area contributed by atoms with Gasteiger partial charge in [0.25, 0.3) is 0 Å². The minimum Gasteiger partial charge on any atom is -0.476 e. The molecular formula is C10H17N3O2S. The molecule has 6 heteroatoms. The van der Waals surface area contributed by atoms with Gasteiger partial charge in [0, 0.05) is 17.5 Å². The average Bonchev–Trinajstić information content (AvgIpc) is 2.44. The first-order valence-corrected chi connectivity index (χ1v) is 5.83. The fraction of sp³-hybridized carbons (Fsp3) is 0.600. The number of rotatable bonds is 5. The van der Waals surface area contributed by atoms with Gasteiger partial charge in [-0.05, 0) is 27.9 Å². The van der Waals surface area contributed by atoms with E-state index in [1.54, 1.807) is 6.92 Å². The molecule has 16 heavy (non-hydrogen) atoms. The van der Waals surface area contributed by atoms with Crippen LogP contribution in [0.15, 0.2) is 0 Å². The SMILES string of the molecule is Cc1sc(NC(C)CN(C)C)nc1C(=O)O. The van der Waals surface area contributed by atoms with Crippen molar-refractivity contribution in [1.82, 2.24) is 9.88 Å². The van der Waals surface area contributed by atoms with Crippen molar-refractivity contribution in [2.45, 2.75) is 19.9 Å². The van der Waals surface area contributed by atoms with E-state index < -0.39 is 5.97 Å². The van der Waals surface area contributed by atoms with Gasteiger partial charge in [0.15, 0.2) is 10.8 Å². The highest BCUT2D eigenvalue weighted by Gasteiger charge is 2.15. The van der Waals surface area contributed by atoms with Gasteiger partial charge in [0.1, 0.15) is 0 Å². The predicted octanol–water partition coefficient (Wildman–Crippen LogP) is 1.51. The van der Waals surface area contributed by atoms with Crippen LogP contribution in [0.25, 0.3) is 0 Å². The number of carbonyl (C=O) groups is 1. The number of nitrogens with one attached hydrogen (secondary N) is 1. The summed E-state index contributed by atoms with van der Waals surface area (Å²) in [4.78, 5) is 17.6. The molecule has 0 saturated heterocycles. The normalized spacial score (nSPS) is 12.8. The summed E-state index contributed by atoms with van der Waals surface area (Å²) in [6.45, 7) is 4.68. The summed E-state index contributed by atoms with van der Waals surface area (Å²) < 4.78 is 0. The Morgan fingerprint density at radius 2 is 2.25 bits per heavy atom. The van der Waals surface area contributed by atoms with Gasteiger partial charge in [-0.15, -0.1) is 11.3 Å². The number of hydrogen-bond acceptors (Lipinski definition) is 5. The van der Waals surface area contributed by atoms with Crippen LogP contribution in [0.1, 0.15) is 22.3 Å². The Morgan fingerprint density at radius 3 is 2.69 bits per heavy atom. The summed E-state index contributed by atoms with van der Waals surface area (Å²) in [5.74, 6) is -0.970. The van der Waals surface area contributed by atoms with E-state index in [0.29, 0.717) is 5.13 Å². The number of carboxylic acid groups (broad SMARTS) is 1. The van der Waals surface area contributed by atoms with Crippen molar-refractivity contribution < 1.29 is 9.90 Å². The van der Waals surface area contributed by atoms with E-state index in [1.807, 2.05) is 21.0 Å². The third-order valence-corrected chi connectivity index (χ3v) is 2.91. The number of likely N-dealkylation sites (N-methyl/N-ethyl adjacent to an activating group) is 1. The Bertz CT molecular complexity index is 376. The first-order chi connectivity index (χ1) is 7.40. The van der Waals surface area contributed by atoms with Crippen LogP contribution in [0.4, 0.5) is 5.13 Å². The second-order valence-electron chi connectivity index (χ2n) is 4.04. The molecule has 2 N–H and O–H groups in total. The molecule has 0 amide bonds. The van der Waals surface area contributed by atoms with Crippen molar-refractivity contribution in [3.05, 3.63) is 10.6 Å². The van der Waals surface area contributed by atoms with Crippen LogP contribution in [-0.2, 0) is 0 Å². The zero-order chi connectivity index (χ0) is 12.3. The van der Waals surface area contributed by atoms with Gasteiger partial charge in [-0.3, -0.25) is 0 Å². The molecule has 0 aliphatic rings. The molecule has 0 fully saturated rings. The summed E-state index contributed by atoms with van der Waals surface area (Å²) in [5.41, 5.74) is 0.143. The maximum Gasteiger partial charge on any atom is 0.355 e. The van der Waals surface area contributed by atoms with Gasteiger partial charge in [-0.25, -0.2) is 9.78 Å². The monoisotopic (exact) mass is 243 g/mol. The maximum absolute atomic E-state index is 10.8. The van der Waals surface area contributed by atoms with Crippen LogP contribution < -0.4 is 5.32 Å². The number of hydrogen-bond donors (Lipinski definition) is 2. The minimum atomic E-state index is -0.970. The number of anilines is 1. The highest BCUT2D eigenvalue weighted by Crippen LogP contribution is 2.22. The Morgan fingerprint density at radius 1 is 1.62 bits per heavy atom. The summed E-state index contributed by atoms with van der Waals surface area (Å²) >= 11 is 1.38. The third kappa shape index (κ3) is 3.46. The molecule has 0 aliphatic heterocycles. The molecule has 0 radical (unpaired) electrons. The van der Waals surface area contributed by atoms with Crippen molar-refractivity contribution in [2.24, 2.45) is 0 Å². The Kier molecular flexibility index (Phi) is 4.26. The van der Waals surface area contributed by atoms with Gasteiger partial charge in [-0.1, -0.05) is 0 Å². The minimum absolute atomic E-state index is 0.143. The van der Waals surface area contributed by atoms with Crippen LogP contribution in [0.5, 0.6) is 0 Å². The molecule has 0 aliphatic carbocycles. The lowest BCUT2D eigenvalue weighted by atomic mass is 10.3. The van der Waals surface area contributed by atoms with E-state index in [-0.39, 0.29) is 11.7 Å². The Hall–Kier alpha value is -1.14. The maximum atomic E-state index is 10.8. The Labute approximate surface area is 99.1 Å². The zero-order valence-corrected chi connectivity index (χ0v) is 10.8. The van der Waals surface area contributed by atoms with Crippen molar-refractivity contribution in [1.29, 1.82) is 0 Å². The number of aromatic carboxylic acids is 1. The lowest BCUT2D eigenvalue weighted by Crippen LogP contribution is -2.29. The quantitative estimate of drug-likeness (QED) is 0.820. The number of carboxylic acids is 1. The molecular weight excluding hydrogens is 226 g/mol. The van der Waals surface area contributed by atoms with Gasteiger partial charge >= 0.3 is 5.97 Å². The predicted molar refractivity (Wildman–Crippen MR) is 65.4 cm³/mol. The third-order valence-electron chi connectivity index (χ3n) is 2.01. The molecule has 1 atom stereocenters. The summed E-state index contributed by atoms with van der Waals surface area (Å²) in [6, 6.07) is 0.238. The summed E-state index contributed by atoms with van der Waals surface area (Å²) in [5, 5.41) is 12.7. The highest BCUT2D eigenvalue weighted by atomic mass is 32.1. The number of aryl methyl sites for hydroxylation is 1. The fourth-order valence-corrected chi connectivity index (χ4v) is 2.38. The molecule has 90 valence electrons. The lowest BCUT2D eigenvalue weighted by molar-refractivity contribution is 0.0690. The molecule has 1 heterocycles. The lowest BCUT2D eigenvalue weighted by Gasteiger charge is -2.17. The van der Waals surface area contributed by atoms with Crippen LogP contribution >= 0.6 is 11.3 Å². The summed E-state index contributed by atoms with van der Waals surface area (Å²) in [7, 11) is 3.99. The van der Waals surface area contributed by atoms with Crippen LogP contribution in [-0.4, -0.2) is 47.6 Å². The number of thiazole rings is 1. The van der Waals surface area contributed by atoms with Crippen molar-refractivity contribution in [3.8, 4) is 0 Å². The summed E-state index contributed by atoms with van der Waals surface area (Å²) in [6.07, 6.45) is 0. The van der Waals surface area contributed by atoms with E-state index in [1.165, 1.54) is 11.3 Å². The second kappa shape index (κ2) is 5.27. The van der Waals surface area contributed by atoms with E-state index in [9.17, 15) is 4.79 Å². The van der Waals surface area contributed by atoms with Crippen LogP contribution in [0.2, 0.25) is 0 Å². The fourth-order valence-electron chi connectivity index (χ4n) is 1.46. The molecule has 1 aromatic rings. The molecule has 5 nitrogen and oxygen atoms in total. The molecule has 0 bridgehead atoms. The molecule has 0 aromatic carbocycles. The first-order valence-electron chi connectivity index (χ1n) is 5.02. The van der Waals surface area contributed by atoms with E-state index in [2.05, 4.69) is 15.2 Å². The highest BCUT2D eigenvalue weighted by molar-refractivity contribution is 7.15. The van der Waals surface area contributed by atoms with E-state index in [0.717, 1.165) is 11.4 Å². The smallest absolute Gasteiger partial charge is 0.355 e. The number of nitrogens with zero attached hydrogens (tertiary/aromatic N) is 2. The topological polar surface area (TPSA) is 65.5 Å². The molecule has 1 rings (SSSR count). The van der Waals surface area contributed by atoms with Gasteiger partial charge in [-0.2, -0.15) is 0 Å². The van der Waals surface area contributed by atoms with Crippen molar-refractivity contribution in [2.75, 3.05) is 26.0 Å². The molecule has 1 unspecified atom stereocenters.